The fraction of sp³-hybridized carbons (Fsp3) is 0.345. The van der Waals surface area contributed by atoms with Gasteiger partial charge in [0.15, 0.2) is 0 Å². The second-order valence-electron chi connectivity index (χ2n) is 9.01. The largest absolute Gasteiger partial charge is 0.492 e. The number of carbonyl (C=O) groups is 2. The summed E-state index contributed by atoms with van der Waals surface area (Å²) in [7, 11) is 0. The van der Waals surface area contributed by atoms with Crippen LogP contribution in [0.4, 0.5) is 10.5 Å². The number of carbonyl (C=O) groups excluding carboxylic acids is 2. The number of para-hydroxylation sites is 2. The monoisotopic (exact) mass is 501 g/mol. The molecule has 4 rings (SSSR count). The van der Waals surface area contributed by atoms with Crippen molar-refractivity contribution in [2.24, 2.45) is 0 Å². The maximum atomic E-state index is 13.2. The van der Waals surface area contributed by atoms with Crippen molar-refractivity contribution >= 4 is 17.6 Å². The molecule has 1 aliphatic rings. The van der Waals surface area contributed by atoms with Gasteiger partial charge in [0.1, 0.15) is 5.75 Å². The number of hydrogen-bond donors (Lipinski definition) is 2. The van der Waals surface area contributed by atoms with Crippen molar-refractivity contribution < 1.29 is 14.3 Å². The van der Waals surface area contributed by atoms with Crippen LogP contribution in [0.3, 0.4) is 0 Å². The molecule has 1 aliphatic heterocycles. The van der Waals surface area contributed by atoms with Crippen molar-refractivity contribution in [1.29, 1.82) is 0 Å². The molecule has 3 amide bonds. The van der Waals surface area contributed by atoms with Gasteiger partial charge in [-0.2, -0.15) is 0 Å². The van der Waals surface area contributed by atoms with Crippen LogP contribution in [0.1, 0.15) is 36.9 Å². The molecule has 1 atom stereocenters. The lowest BCUT2D eigenvalue weighted by Crippen LogP contribution is -2.41. The van der Waals surface area contributed by atoms with Crippen LogP contribution >= 0.6 is 0 Å². The first-order chi connectivity index (χ1) is 18.1. The van der Waals surface area contributed by atoms with Gasteiger partial charge in [0.25, 0.3) is 0 Å². The summed E-state index contributed by atoms with van der Waals surface area (Å²) in [5.74, 6) is 0.608. The van der Waals surface area contributed by atoms with Crippen LogP contribution in [0.5, 0.6) is 5.75 Å². The highest BCUT2D eigenvalue weighted by Crippen LogP contribution is 2.27. The lowest BCUT2D eigenvalue weighted by molar-refractivity contribution is -0.122. The number of aromatic nitrogens is 1. The maximum Gasteiger partial charge on any atom is 0.322 e. The summed E-state index contributed by atoms with van der Waals surface area (Å²) < 4.78 is 5.66. The lowest BCUT2D eigenvalue weighted by atomic mass is 10.00. The van der Waals surface area contributed by atoms with Crippen LogP contribution in [0, 0.1) is 0 Å². The molecule has 8 heteroatoms. The number of pyridine rings is 1. The molecule has 1 saturated heterocycles. The zero-order valence-corrected chi connectivity index (χ0v) is 21.3. The predicted molar refractivity (Wildman–Crippen MR) is 144 cm³/mol. The minimum atomic E-state index is -0.207. The number of nitrogens with zero attached hydrogens (tertiary/aromatic N) is 3. The highest BCUT2D eigenvalue weighted by Gasteiger charge is 2.25. The van der Waals surface area contributed by atoms with Crippen molar-refractivity contribution in [2.45, 2.75) is 32.4 Å². The zero-order valence-electron chi connectivity index (χ0n) is 21.3. The lowest BCUT2D eigenvalue weighted by Gasteiger charge is -2.32. The Morgan fingerprint density at radius 2 is 1.78 bits per heavy atom. The Bertz CT molecular complexity index is 1140. The average molecular weight is 502 g/mol. The first-order valence-corrected chi connectivity index (χ1v) is 12.9. The smallest absolute Gasteiger partial charge is 0.322 e. The summed E-state index contributed by atoms with van der Waals surface area (Å²) in [6, 6.07) is 21.3. The molecule has 2 aromatic carbocycles. The molecule has 1 unspecified atom stereocenters. The molecular formula is C29H35N5O3. The maximum absolute atomic E-state index is 13.2. The van der Waals surface area contributed by atoms with Gasteiger partial charge < -0.3 is 20.3 Å². The van der Waals surface area contributed by atoms with Gasteiger partial charge in [-0.3, -0.25) is 14.7 Å². The molecule has 2 N–H and O–H groups in total. The van der Waals surface area contributed by atoms with Crippen LogP contribution in [0.15, 0.2) is 79.1 Å². The zero-order chi connectivity index (χ0) is 25.9. The highest BCUT2D eigenvalue weighted by molar-refractivity contribution is 5.91. The van der Waals surface area contributed by atoms with Gasteiger partial charge in [-0.25, -0.2) is 4.79 Å². The quantitative estimate of drug-likeness (QED) is 0.521. The van der Waals surface area contributed by atoms with Crippen molar-refractivity contribution in [1.82, 2.24) is 20.1 Å². The molecule has 0 saturated carbocycles. The number of urea groups is 1. The van der Waals surface area contributed by atoms with Crippen molar-refractivity contribution in [3.05, 3.63) is 90.3 Å². The number of nitrogens with one attached hydrogen (secondary N) is 2. The number of hydrogen-bond acceptors (Lipinski definition) is 5. The fourth-order valence-electron chi connectivity index (χ4n) is 4.60. The standard InChI is InChI=1S/C29H35N5O3/c1-2-37-27-12-7-6-11-25(27)32-29(36)33-18-8-19-34(22-23-13-15-30-16-14-23)26(21-28(35)31-17-20-33)24-9-4-3-5-10-24/h3-7,9-16,26H,2,8,17-22H2,1H3,(H,31,35)(H,32,36). The Balaban J connectivity index is 1.52. The van der Waals surface area contributed by atoms with E-state index in [1.54, 1.807) is 17.3 Å². The molecule has 194 valence electrons. The van der Waals surface area contributed by atoms with E-state index in [9.17, 15) is 9.59 Å². The van der Waals surface area contributed by atoms with Gasteiger partial charge in [-0.05, 0) is 48.7 Å². The highest BCUT2D eigenvalue weighted by atomic mass is 16.5. The molecular weight excluding hydrogens is 466 g/mol. The van der Waals surface area contributed by atoms with Gasteiger partial charge in [-0.1, -0.05) is 42.5 Å². The van der Waals surface area contributed by atoms with Crippen molar-refractivity contribution in [3.8, 4) is 5.75 Å². The number of amides is 3. The first kappa shape index (κ1) is 26.2. The third-order valence-corrected chi connectivity index (χ3v) is 6.43. The van der Waals surface area contributed by atoms with Gasteiger partial charge in [0.05, 0.1) is 12.3 Å². The average Bonchev–Trinajstić information content (AvgIpc) is 2.95. The van der Waals surface area contributed by atoms with E-state index in [4.69, 9.17) is 4.74 Å². The predicted octanol–water partition coefficient (Wildman–Crippen LogP) is 4.47. The number of ether oxygens (including phenoxy) is 1. The van der Waals surface area contributed by atoms with E-state index in [0.717, 1.165) is 24.1 Å². The van der Waals surface area contributed by atoms with Crippen LogP contribution in [0.25, 0.3) is 0 Å². The number of rotatable bonds is 6. The van der Waals surface area contributed by atoms with Crippen molar-refractivity contribution in [2.75, 3.05) is 38.1 Å². The SMILES string of the molecule is CCOc1ccccc1NC(=O)N1CCCN(Cc2ccncc2)C(c2ccccc2)CC(=O)NCC1. The molecule has 3 aromatic rings. The Morgan fingerprint density at radius 1 is 1.03 bits per heavy atom. The molecule has 0 radical (unpaired) electrons. The minimum absolute atomic E-state index is 0.0301. The van der Waals surface area contributed by atoms with E-state index in [2.05, 4.69) is 32.7 Å². The topological polar surface area (TPSA) is 86.8 Å². The summed E-state index contributed by atoms with van der Waals surface area (Å²) in [5, 5.41) is 6.01. The van der Waals surface area contributed by atoms with E-state index in [-0.39, 0.29) is 18.0 Å². The van der Waals surface area contributed by atoms with Crippen LogP contribution in [-0.2, 0) is 11.3 Å². The summed E-state index contributed by atoms with van der Waals surface area (Å²) in [4.78, 5) is 34.5. The number of anilines is 1. The van der Waals surface area contributed by atoms with Crippen LogP contribution < -0.4 is 15.4 Å². The first-order valence-electron chi connectivity index (χ1n) is 12.9. The fourth-order valence-corrected chi connectivity index (χ4v) is 4.60. The van der Waals surface area contributed by atoms with E-state index < -0.39 is 0 Å². The normalized spacial score (nSPS) is 17.4. The van der Waals surface area contributed by atoms with E-state index in [1.165, 1.54) is 0 Å². The van der Waals surface area contributed by atoms with Crippen molar-refractivity contribution in [3.63, 3.8) is 0 Å². The van der Waals surface area contributed by atoms with Crippen LogP contribution in [0.2, 0.25) is 0 Å². The van der Waals surface area contributed by atoms with Gasteiger partial charge in [0, 0.05) is 57.6 Å². The third kappa shape index (κ3) is 7.54. The van der Waals surface area contributed by atoms with Gasteiger partial charge >= 0.3 is 6.03 Å². The molecule has 2 heterocycles. The molecule has 8 nitrogen and oxygen atoms in total. The van der Waals surface area contributed by atoms with E-state index >= 15 is 0 Å². The van der Waals surface area contributed by atoms with E-state index in [0.29, 0.717) is 50.6 Å². The van der Waals surface area contributed by atoms with Crippen LogP contribution in [-0.4, -0.2) is 59.5 Å². The summed E-state index contributed by atoms with van der Waals surface area (Å²) >= 11 is 0. The Labute approximate surface area is 218 Å². The number of benzene rings is 2. The Kier molecular flexibility index (Phi) is 9.48. The summed E-state index contributed by atoms with van der Waals surface area (Å²) in [6.45, 7) is 5.22. The molecule has 0 spiro atoms. The molecule has 0 aliphatic carbocycles. The summed E-state index contributed by atoms with van der Waals surface area (Å²) in [6.07, 6.45) is 4.70. The second-order valence-corrected chi connectivity index (χ2v) is 9.01. The molecule has 1 fully saturated rings. The Hall–Kier alpha value is -3.91. The van der Waals surface area contributed by atoms with Gasteiger partial charge in [0.2, 0.25) is 5.91 Å². The Morgan fingerprint density at radius 3 is 2.57 bits per heavy atom. The molecule has 37 heavy (non-hydrogen) atoms. The third-order valence-electron chi connectivity index (χ3n) is 6.43. The van der Waals surface area contributed by atoms with Gasteiger partial charge in [-0.15, -0.1) is 0 Å². The summed E-state index contributed by atoms with van der Waals surface area (Å²) in [5.41, 5.74) is 2.87. The second kappa shape index (κ2) is 13.4. The molecule has 1 aromatic heterocycles. The minimum Gasteiger partial charge on any atom is -0.492 e. The molecule has 0 bridgehead atoms. The van der Waals surface area contributed by atoms with E-state index in [1.807, 2.05) is 61.5 Å².